The Morgan fingerprint density at radius 3 is 2.76 bits per heavy atom. The van der Waals surface area contributed by atoms with E-state index >= 15 is 0 Å². The number of para-hydroxylation sites is 2. The van der Waals surface area contributed by atoms with E-state index in [0.717, 1.165) is 30.1 Å². The third-order valence-electron chi connectivity index (χ3n) is 5.45. The number of hydrazone groups is 1. The van der Waals surface area contributed by atoms with E-state index in [1.165, 1.54) is 5.56 Å². The van der Waals surface area contributed by atoms with Gasteiger partial charge in [0.15, 0.2) is 17.0 Å². The fourth-order valence-electron chi connectivity index (χ4n) is 3.79. The van der Waals surface area contributed by atoms with Gasteiger partial charge >= 0.3 is 0 Å². The number of nitrogens with zero attached hydrogens (tertiary/aromatic N) is 6. The van der Waals surface area contributed by atoms with Gasteiger partial charge in [0.25, 0.3) is 0 Å². The molecule has 0 saturated carbocycles. The van der Waals surface area contributed by atoms with Crippen molar-refractivity contribution >= 4 is 29.1 Å². The number of anilines is 2. The van der Waals surface area contributed by atoms with Crippen molar-refractivity contribution in [2.45, 2.75) is 6.92 Å². The van der Waals surface area contributed by atoms with E-state index in [2.05, 4.69) is 39.5 Å². The third kappa shape index (κ3) is 4.35. The number of methoxy groups -OCH3 is 1. The second-order valence-electron chi connectivity index (χ2n) is 7.71. The second kappa shape index (κ2) is 9.25. The number of ether oxygens (including phenoxy) is 2. The normalized spacial score (nSPS) is 14.2. The first-order chi connectivity index (χ1) is 16.2. The summed E-state index contributed by atoms with van der Waals surface area (Å²) in [5.41, 5.74) is 7.40. The van der Waals surface area contributed by atoms with Gasteiger partial charge in [-0.2, -0.15) is 15.1 Å². The molecule has 1 aliphatic heterocycles. The molecular weight excluding hydrogens is 418 g/mol. The number of rotatable bonds is 6. The Kier molecular flexibility index (Phi) is 5.86. The lowest BCUT2D eigenvalue weighted by atomic mass is 10.2. The lowest BCUT2D eigenvalue weighted by Crippen LogP contribution is -2.37. The zero-order valence-corrected chi connectivity index (χ0v) is 18.6. The third-order valence-corrected chi connectivity index (χ3v) is 5.45. The molecule has 4 aromatic rings. The van der Waals surface area contributed by atoms with E-state index in [9.17, 15) is 0 Å². The van der Waals surface area contributed by atoms with E-state index in [0.29, 0.717) is 36.1 Å². The molecule has 0 aliphatic carbocycles. The molecule has 168 valence electrons. The predicted molar refractivity (Wildman–Crippen MR) is 129 cm³/mol. The molecule has 9 nitrogen and oxygen atoms in total. The van der Waals surface area contributed by atoms with Crippen LogP contribution in [0.15, 0.2) is 60.0 Å². The van der Waals surface area contributed by atoms with Crippen molar-refractivity contribution in [1.82, 2.24) is 19.5 Å². The standard InChI is InChI=1S/C24H25N7O2/c1-17-6-5-7-18(14-17)15-26-29-22-21-23(28-24(27-22)30-10-12-33-13-11-30)31(16-25-21)19-8-3-4-9-20(19)32-2/h3-9,14-16H,10-13H2,1-2H3,(H,27,28,29)/b26-15+. The van der Waals surface area contributed by atoms with Crippen molar-refractivity contribution in [3.05, 3.63) is 66.0 Å². The first-order valence-electron chi connectivity index (χ1n) is 10.8. The second-order valence-corrected chi connectivity index (χ2v) is 7.71. The number of aromatic nitrogens is 4. The Labute approximate surface area is 191 Å². The lowest BCUT2D eigenvalue weighted by Gasteiger charge is -2.27. The van der Waals surface area contributed by atoms with E-state index in [1.54, 1.807) is 19.7 Å². The van der Waals surface area contributed by atoms with Gasteiger partial charge in [-0.1, -0.05) is 42.0 Å². The van der Waals surface area contributed by atoms with Crippen LogP contribution in [-0.2, 0) is 4.74 Å². The van der Waals surface area contributed by atoms with Crippen LogP contribution < -0.4 is 15.1 Å². The fraction of sp³-hybridized carbons (Fsp3) is 0.250. The summed E-state index contributed by atoms with van der Waals surface area (Å²) in [4.78, 5) is 16.3. The van der Waals surface area contributed by atoms with Gasteiger partial charge in [0.1, 0.15) is 12.1 Å². The maximum Gasteiger partial charge on any atom is 0.229 e. The number of aryl methyl sites for hydroxylation is 1. The molecule has 2 aromatic heterocycles. The molecular formula is C24H25N7O2. The highest BCUT2D eigenvalue weighted by molar-refractivity contribution is 5.87. The van der Waals surface area contributed by atoms with Crippen molar-refractivity contribution in [1.29, 1.82) is 0 Å². The van der Waals surface area contributed by atoms with Crippen LogP contribution in [0.2, 0.25) is 0 Å². The van der Waals surface area contributed by atoms with Crippen molar-refractivity contribution in [3.63, 3.8) is 0 Å². The van der Waals surface area contributed by atoms with Gasteiger partial charge in [-0.3, -0.25) is 9.99 Å². The maximum atomic E-state index is 5.56. The highest BCUT2D eigenvalue weighted by Crippen LogP contribution is 2.29. The van der Waals surface area contributed by atoms with Gasteiger partial charge < -0.3 is 14.4 Å². The average Bonchev–Trinajstić information content (AvgIpc) is 3.28. The molecule has 33 heavy (non-hydrogen) atoms. The zero-order valence-electron chi connectivity index (χ0n) is 18.6. The van der Waals surface area contributed by atoms with Crippen molar-refractivity contribution in [2.75, 3.05) is 43.7 Å². The summed E-state index contributed by atoms with van der Waals surface area (Å²) >= 11 is 0. The first-order valence-corrected chi connectivity index (χ1v) is 10.8. The van der Waals surface area contributed by atoms with Crippen LogP contribution in [0.1, 0.15) is 11.1 Å². The molecule has 3 heterocycles. The van der Waals surface area contributed by atoms with Crippen molar-refractivity contribution in [2.24, 2.45) is 5.10 Å². The van der Waals surface area contributed by atoms with Crippen LogP contribution in [0.5, 0.6) is 5.75 Å². The van der Waals surface area contributed by atoms with E-state index in [-0.39, 0.29) is 0 Å². The summed E-state index contributed by atoms with van der Waals surface area (Å²) in [6.07, 6.45) is 3.50. The molecule has 0 atom stereocenters. The van der Waals surface area contributed by atoms with E-state index < -0.39 is 0 Å². The van der Waals surface area contributed by atoms with Crippen molar-refractivity contribution < 1.29 is 9.47 Å². The Balaban J connectivity index is 1.57. The maximum absolute atomic E-state index is 5.56. The van der Waals surface area contributed by atoms with Gasteiger partial charge in [-0.05, 0) is 24.6 Å². The van der Waals surface area contributed by atoms with Crippen LogP contribution in [0.4, 0.5) is 11.8 Å². The number of benzene rings is 2. The molecule has 1 aliphatic rings. The predicted octanol–water partition coefficient (Wildman–Crippen LogP) is 3.42. The van der Waals surface area contributed by atoms with Crippen LogP contribution in [0, 0.1) is 6.92 Å². The topological polar surface area (TPSA) is 89.7 Å². The van der Waals surface area contributed by atoms with Crippen LogP contribution in [0.25, 0.3) is 16.9 Å². The molecule has 0 radical (unpaired) electrons. The minimum Gasteiger partial charge on any atom is -0.495 e. The highest BCUT2D eigenvalue weighted by Gasteiger charge is 2.20. The van der Waals surface area contributed by atoms with Crippen LogP contribution in [-0.4, -0.2) is 59.1 Å². The SMILES string of the molecule is COc1ccccc1-n1cnc2c(N/N=C/c3cccc(C)c3)nc(N3CCOCC3)nc21. The van der Waals surface area contributed by atoms with Crippen LogP contribution >= 0.6 is 0 Å². The largest absolute Gasteiger partial charge is 0.495 e. The zero-order chi connectivity index (χ0) is 22.6. The minimum atomic E-state index is 0.541. The molecule has 0 spiro atoms. The Morgan fingerprint density at radius 1 is 1.09 bits per heavy atom. The fourth-order valence-corrected chi connectivity index (χ4v) is 3.79. The van der Waals surface area contributed by atoms with E-state index in [4.69, 9.17) is 19.4 Å². The number of morpholine rings is 1. The molecule has 0 bridgehead atoms. The van der Waals surface area contributed by atoms with Gasteiger partial charge in [0.05, 0.1) is 32.2 Å². The average molecular weight is 444 g/mol. The number of hydrogen-bond donors (Lipinski definition) is 1. The van der Waals surface area contributed by atoms with Gasteiger partial charge in [0.2, 0.25) is 5.95 Å². The monoisotopic (exact) mass is 443 g/mol. The van der Waals surface area contributed by atoms with Gasteiger partial charge in [-0.25, -0.2) is 4.98 Å². The molecule has 0 amide bonds. The quantitative estimate of drug-likeness (QED) is 0.361. The van der Waals surface area contributed by atoms with Crippen LogP contribution in [0.3, 0.4) is 0 Å². The number of fused-ring (bicyclic) bond motifs is 1. The molecule has 5 rings (SSSR count). The summed E-state index contributed by atoms with van der Waals surface area (Å²) in [6, 6.07) is 15.9. The molecule has 1 saturated heterocycles. The smallest absolute Gasteiger partial charge is 0.229 e. The minimum absolute atomic E-state index is 0.541. The Hall–Kier alpha value is -3.98. The molecule has 0 unspecified atom stereocenters. The summed E-state index contributed by atoms with van der Waals surface area (Å²) in [6.45, 7) is 4.78. The molecule has 9 heteroatoms. The van der Waals surface area contributed by atoms with Crippen molar-refractivity contribution in [3.8, 4) is 11.4 Å². The molecule has 1 fully saturated rings. The first kappa shape index (κ1) is 20.9. The van der Waals surface area contributed by atoms with Gasteiger partial charge in [-0.15, -0.1) is 0 Å². The number of imidazole rings is 1. The summed E-state index contributed by atoms with van der Waals surface area (Å²) in [7, 11) is 1.65. The Morgan fingerprint density at radius 2 is 1.94 bits per heavy atom. The lowest BCUT2D eigenvalue weighted by molar-refractivity contribution is 0.122. The Bertz CT molecular complexity index is 1300. The number of nitrogens with one attached hydrogen (secondary N) is 1. The van der Waals surface area contributed by atoms with Gasteiger partial charge in [0, 0.05) is 13.1 Å². The highest BCUT2D eigenvalue weighted by atomic mass is 16.5. The summed E-state index contributed by atoms with van der Waals surface area (Å²) in [5, 5.41) is 4.42. The molecule has 2 aromatic carbocycles. The summed E-state index contributed by atoms with van der Waals surface area (Å²) < 4.78 is 13.0. The molecule has 1 N–H and O–H groups in total. The summed E-state index contributed by atoms with van der Waals surface area (Å²) in [5.74, 6) is 1.88. The number of hydrogen-bond acceptors (Lipinski definition) is 8. The van der Waals surface area contributed by atoms with E-state index in [1.807, 2.05) is 41.0 Å².